The molecule has 1 atom stereocenters. The molecule has 3 heteroatoms. The molecule has 0 aliphatic carbocycles. The van der Waals surface area contributed by atoms with E-state index in [2.05, 4.69) is 9.24 Å². The van der Waals surface area contributed by atoms with Crippen LogP contribution in [0.5, 0.6) is 0 Å². The largest absolute Gasteiger partial charge is 0.206 e. The van der Waals surface area contributed by atoms with Gasteiger partial charge in [-0.25, -0.2) is 8.78 Å². The number of benzene rings is 1. The topological polar surface area (TPSA) is 0 Å². The highest BCUT2D eigenvalue weighted by Crippen LogP contribution is 2.25. The molecule has 0 N–H and O–H groups in total. The Labute approximate surface area is 85.9 Å². The summed E-state index contributed by atoms with van der Waals surface area (Å²) in [5.41, 5.74) is 1.43. The first-order valence-corrected chi connectivity index (χ1v) is 5.19. The van der Waals surface area contributed by atoms with Crippen LogP contribution in [0.2, 0.25) is 0 Å². The van der Waals surface area contributed by atoms with Crippen molar-refractivity contribution in [2.45, 2.75) is 33.6 Å². The summed E-state index contributed by atoms with van der Waals surface area (Å²) in [7, 11) is 2.36. The van der Waals surface area contributed by atoms with E-state index in [1.165, 1.54) is 6.92 Å². The zero-order valence-electron chi connectivity index (χ0n) is 8.91. The highest BCUT2D eigenvalue weighted by atomic mass is 31.0. The summed E-state index contributed by atoms with van der Waals surface area (Å²) in [6.07, 6.45) is 0. The number of halogens is 2. The van der Waals surface area contributed by atoms with E-state index < -0.39 is 11.6 Å². The van der Waals surface area contributed by atoms with Crippen molar-refractivity contribution < 1.29 is 8.78 Å². The Morgan fingerprint density at radius 2 is 1.50 bits per heavy atom. The van der Waals surface area contributed by atoms with Crippen molar-refractivity contribution in [1.29, 1.82) is 0 Å². The lowest BCUT2D eigenvalue weighted by Crippen LogP contribution is -2.15. The van der Waals surface area contributed by atoms with E-state index in [-0.39, 0.29) is 11.5 Å². The molecule has 0 heterocycles. The molecular formula is C11H15F2P. The maximum atomic E-state index is 13.5. The Kier molecular flexibility index (Phi) is 3.26. The van der Waals surface area contributed by atoms with Crippen LogP contribution in [0.1, 0.15) is 36.5 Å². The fourth-order valence-electron chi connectivity index (χ4n) is 1.76. The normalized spacial score (nSPS) is 11.1. The zero-order chi connectivity index (χ0) is 11.0. The van der Waals surface area contributed by atoms with Gasteiger partial charge in [-0.15, -0.1) is 9.24 Å². The standard InChI is InChI=1S/C11H15F2P/c1-5(2)8-6(3)9(12)7(4)10(13)11(8)14/h5H,14H2,1-4H3. The van der Waals surface area contributed by atoms with Crippen molar-refractivity contribution >= 4 is 14.5 Å². The van der Waals surface area contributed by atoms with Crippen molar-refractivity contribution in [2.75, 3.05) is 0 Å². The summed E-state index contributed by atoms with van der Waals surface area (Å²) in [6, 6.07) is 0. The molecule has 1 unspecified atom stereocenters. The lowest BCUT2D eigenvalue weighted by Gasteiger charge is -2.16. The second-order valence-corrected chi connectivity index (χ2v) is 4.44. The summed E-state index contributed by atoms with van der Waals surface area (Å²) in [5.74, 6) is -0.730. The molecule has 1 aromatic rings. The first-order valence-electron chi connectivity index (χ1n) is 4.61. The van der Waals surface area contributed by atoms with Crippen molar-refractivity contribution in [3.8, 4) is 0 Å². The van der Waals surface area contributed by atoms with Gasteiger partial charge in [0.15, 0.2) is 0 Å². The van der Waals surface area contributed by atoms with Crippen LogP contribution in [0.25, 0.3) is 0 Å². The van der Waals surface area contributed by atoms with Gasteiger partial charge in [0.05, 0.1) is 0 Å². The number of hydrogen-bond acceptors (Lipinski definition) is 0. The predicted octanol–water partition coefficient (Wildman–Crippen LogP) is 3.21. The van der Waals surface area contributed by atoms with E-state index in [1.54, 1.807) is 6.92 Å². The molecule has 0 saturated carbocycles. The Bertz CT molecular complexity index is 341. The smallest absolute Gasteiger partial charge is 0.136 e. The Hall–Kier alpha value is -0.490. The van der Waals surface area contributed by atoms with Crippen LogP contribution in [0.4, 0.5) is 8.78 Å². The summed E-state index contributed by atoms with van der Waals surface area (Å²) in [6.45, 7) is 7.04. The van der Waals surface area contributed by atoms with Gasteiger partial charge in [0.25, 0.3) is 0 Å². The molecule has 0 radical (unpaired) electrons. The Morgan fingerprint density at radius 3 is 1.93 bits per heavy atom. The van der Waals surface area contributed by atoms with Crippen LogP contribution < -0.4 is 5.30 Å². The van der Waals surface area contributed by atoms with Gasteiger partial charge in [-0.1, -0.05) is 13.8 Å². The third kappa shape index (κ3) is 1.68. The monoisotopic (exact) mass is 216 g/mol. The van der Waals surface area contributed by atoms with Crippen molar-refractivity contribution in [3.63, 3.8) is 0 Å². The van der Waals surface area contributed by atoms with Gasteiger partial charge in [-0.2, -0.15) is 0 Å². The second kappa shape index (κ2) is 3.94. The van der Waals surface area contributed by atoms with Gasteiger partial charge in [0.1, 0.15) is 11.6 Å². The molecule has 0 saturated heterocycles. The van der Waals surface area contributed by atoms with Gasteiger partial charge in [-0.05, 0) is 30.9 Å². The zero-order valence-corrected chi connectivity index (χ0v) is 10.1. The second-order valence-electron chi connectivity index (χ2n) is 3.86. The minimum atomic E-state index is -0.443. The van der Waals surface area contributed by atoms with Crippen molar-refractivity contribution in [1.82, 2.24) is 0 Å². The van der Waals surface area contributed by atoms with Gasteiger partial charge in [0.2, 0.25) is 0 Å². The van der Waals surface area contributed by atoms with Gasteiger partial charge in [-0.3, -0.25) is 0 Å². The molecule has 0 nitrogen and oxygen atoms in total. The highest BCUT2D eigenvalue weighted by Gasteiger charge is 2.18. The Balaban J connectivity index is 3.60. The highest BCUT2D eigenvalue weighted by molar-refractivity contribution is 7.27. The first-order chi connectivity index (χ1) is 6.37. The molecule has 78 valence electrons. The third-order valence-corrected chi connectivity index (χ3v) is 3.06. The van der Waals surface area contributed by atoms with Crippen molar-refractivity contribution in [2.24, 2.45) is 0 Å². The van der Waals surface area contributed by atoms with Gasteiger partial charge in [0, 0.05) is 10.9 Å². The third-order valence-electron chi connectivity index (χ3n) is 2.50. The van der Waals surface area contributed by atoms with E-state index in [4.69, 9.17) is 0 Å². The summed E-state index contributed by atoms with van der Waals surface area (Å²) in [4.78, 5) is 0. The fraction of sp³-hybridized carbons (Fsp3) is 0.455. The predicted molar refractivity (Wildman–Crippen MR) is 59.3 cm³/mol. The SMILES string of the molecule is Cc1c(F)c(C)c(C(C)C)c(P)c1F. The Morgan fingerprint density at radius 1 is 1.00 bits per heavy atom. The molecule has 1 aromatic carbocycles. The van der Waals surface area contributed by atoms with E-state index in [0.29, 0.717) is 10.9 Å². The summed E-state index contributed by atoms with van der Waals surface area (Å²) >= 11 is 0. The molecule has 0 spiro atoms. The number of hydrogen-bond donors (Lipinski definition) is 0. The van der Waals surface area contributed by atoms with Crippen LogP contribution in [0.3, 0.4) is 0 Å². The summed E-state index contributed by atoms with van der Waals surface area (Å²) in [5, 5.41) is 0.497. The minimum Gasteiger partial charge on any atom is -0.206 e. The van der Waals surface area contributed by atoms with E-state index in [1.807, 2.05) is 13.8 Å². The van der Waals surface area contributed by atoms with Gasteiger partial charge >= 0.3 is 0 Å². The molecule has 0 bridgehead atoms. The van der Waals surface area contributed by atoms with E-state index >= 15 is 0 Å². The fourth-order valence-corrected chi connectivity index (χ4v) is 2.53. The summed E-state index contributed by atoms with van der Waals surface area (Å²) < 4.78 is 27.1. The van der Waals surface area contributed by atoms with Crippen LogP contribution >= 0.6 is 9.24 Å². The molecule has 0 fully saturated rings. The molecule has 0 aromatic heterocycles. The molecule has 0 aliphatic heterocycles. The molecule has 0 amide bonds. The first kappa shape index (κ1) is 11.6. The van der Waals surface area contributed by atoms with Crippen LogP contribution in [0, 0.1) is 25.5 Å². The van der Waals surface area contributed by atoms with Crippen LogP contribution in [-0.4, -0.2) is 0 Å². The average Bonchev–Trinajstić information content (AvgIpc) is 2.11. The van der Waals surface area contributed by atoms with E-state index in [9.17, 15) is 8.78 Å². The maximum Gasteiger partial charge on any atom is 0.136 e. The molecule has 0 aliphatic rings. The molecular weight excluding hydrogens is 201 g/mol. The van der Waals surface area contributed by atoms with Crippen LogP contribution in [0.15, 0.2) is 0 Å². The minimum absolute atomic E-state index is 0.108. The number of rotatable bonds is 1. The van der Waals surface area contributed by atoms with E-state index in [0.717, 1.165) is 5.56 Å². The van der Waals surface area contributed by atoms with Crippen molar-refractivity contribution in [3.05, 3.63) is 28.3 Å². The molecule has 1 rings (SSSR count). The molecule has 14 heavy (non-hydrogen) atoms. The maximum absolute atomic E-state index is 13.5. The quantitative estimate of drug-likeness (QED) is 0.632. The average molecular weight is 216 g/mol. The van der Waals surface area contributed by atoms with Crippen LogP contribution in [-0.2, 0) is 0 Å². The lowest BCUT2D eigenvalue weighted by molar-refractivity contribution is 0.561. The lowest BCUT2D eigenvalue weighted by atomic mass is 9.95. The van der Waals surface area contributed by atoms with Gasteiger partial charge < -0.3 is 0 Å².